The van der Waals surface area contributed by atoms with Crippen LogP contribution in [0.1, 0.15) is 32.1 Å². The van der Waals surface area contributed by atoms with Gasteiger partial charge in [0, 0.05) is 6.42 Å². The highest BCUT2D eigenvalue weighted by molar-refractivity contribution is 4.77. The summed E-state index contributed by atoms with van der Waals surface area (Å²) in [6.07, 6.45) is -2.95. The Hall–Kier alpha value is -0.250. The summed E-state index contributed by atoms with van der Waals surface area (Å²) < 4.78 is 35.3. The van der Waals surface area contributed by atoms with Gasteiger partial charge in [-0.05, 0) is 25.2 Å². The van der Waals surface area contributed by atoms with Crippen molar-refractivity contribution in [2.24, 2.45) is 5.92 Å². The van der Waals surface area contributed by atoms with Crippen LogP contribution >= 0.6 is 0 Å². The topological polar surface area (TPSA) is 20.2 Å². The van der Waals surface area contributed by atoms with Gasteiger partial charge in [-0.3, -0.25) is 0 Å². The summed E-state index contributed by atoms with van der Waals surface area (Å²) in [5, 5.41) is 9.22. The smallest absolute Gasteiger partial charge is 0.389 e. The molecule has 1 fully saturated rings. The van der Waals surface area contributed by atoms with Crippen molar-refractivity contribution < 1.29 is 18.3 Å². The van der Waals surface area contributed by atoms with Crippen LogP contribution < -0.4 is 0 Å². The minimum absolute atomic E-state index is 0.0880. The standard InChI is InChI=1S/C8H13F3O/c9-8(10,11)5-4-6-2-1-3-7(6)12/h6-7,12H,1-5H2. The van der Waals surface area contributed by atoms with Crippen LogP contribution in [0.2, 0.25) is 0 Å². The average molecular weight is 182 g/mol. The summed E-state index contributed by atoms with van der Waals surface area (Å²) >= 11 is 0. The molecular formula is C8H13F3O. The Balaban J connectivity index is 2.23. The zero-order valence-corrected chi connectivity index (χ0v) is 6.77. The fourth-order valence-corrected chi connectivity index (χ4v) is 1.70. The molecular weight excluding hydrogens is 169 g/mol. The van der Waals surface area contributed by atoms with Gasteiger partial charge in [0.1, 0.15) is 0 Å². The Bertz CT molecular complexity index is 144. The fraction of sp³-hybridized carbons (Fsp3) is 1.00. The number of rotatable bonds is 2. The zero-order chi connectivity index (χ0) is 9.19. The summed E-state index contributed by atoms with van der Waals surface area (Å²) in [5.74, 6) is -0.119. The van der Waals surface area contributed by atoms with Crippen molar-refractivity contribution in [3.63, 3.8) is 0 Å². The molecule has 0 bridgehead atoms. The molecule has 0 radical (unpaired) electrons. The van der Waals surface area contributed by atoms with Gasteiger partial charge in [0.15, 0.2) is 0 Å². The lowest BCUT2D eigenvalue weighted by molar-refractivity contribution is -0.138. The second kappa shape index (κ2) is 3.64. The van der Waals surface area contributed by atoms with Crippen molar-refractivity contribution in [3.8, 4) is 0 Å². The van der Waals surface area contributed by atoms with Gasteiger partial charge in [-0.15, -0.1) is 0 Å². The van der Waals surface area contributed by atoms with E-state index in [9.17, 15) is 18.3 Å². The molecule has 1 rings (SSSR count). The summed E-state index contributed by atoms with van der Waals surface area (Å²) in [6, 6.07) is 0. The van der Waals surface area contributed by atoms with Gasteiger partial charge < -0.3 is 5.11 Å². The molecule has 0 aromatic carbocycles. The molecule has 1 nitrogen and oxygen atoms in total. The highest BCUT2D eigenvalue weighted by Crippen LogP contribution is 2.33. The van der Waals surface area contributed by atoms with Gasteiger partial charge in [0.25, 0.3) is 0 Å². The molecule has 2 atom stereocenters. The van der Waals surface area contributed by atoms with Gasteiger partial charge >= 0.3 is 6.18 Å². The van der Waals surface area contributed by atoms with Crippen LogP contribution in [0.4, 0.5) is 13.2 Å². The lowest BCUT2D eigenvalue weighted by atomic mass is 10.00. The molecule has 0 aromatic heterocycles. The second-order valence-electron chi connectivity index (χ2n) is 3.41. The minimum atomic E-state index is -4.07. The predicted octanol–water partition coefficient (Wildman–Crippen LogP) is 2.49. The highest BCUT2D eigenvalue weighted by Gasteiger charge is 2.32. The first kappa shape index (κ1) is 9.84. The van der Waals surface area contributed by atoms with E-state index < -0.39 is 18.7 Å². The predicted molar refractivity (Wildman–Crippen MR) is 38.6 cm³/mol. The number of alkyl halides is 3. The Labute approximate surface area is 69.6 Å². The van der Waals surface area contributed by atoms with E-state index in [1.807, 2.05) is 0 Å². The zero-order valence-electron chi connectivity index (χ0n) is 6.77. The number of hydrogen-bond donors (Lipinski definition) is 1. The van der Waals surface area contributed by atoms with Crippen molar-refractivity contribution in [1.82, 2.24) is 0 Å². The molecule has 1 aliphatic carbocycles. The van der Waals surface area contributed by atoms with Crippen LogP contribution in [0.25, 0.3) is 0 Å². The number of aliphatic hydroxyl groups is 1. The van der Waals surface area contributed by atoms with Gasteiger partial charge in [-0.1, -0.05) is 6.42 Å². The first-order valence-electron chi connectivity index (χ1n) is 4.24. The van der Waals surface area contributed by atoms with Crippen molar-refractivity contribution in [3.05, 3.63) is 0 Å². The summed E-state index contributed by atoms with van der Waals surface area (Å²) in [4.78, 5) is 0. The van der Waals surface area contributed by atoms with Crippen LogP contribution in [-0.4, -0.2) is 17.4 Å². The maximum Gasteiger partial charge on any atom is 0.389 e. The van der Waals surface area contributed by atoms with Gasteiger partial charge in [0.2, 0.25) is 0 Å². The summed E-state index contributed by atoms with van der Waals surface area (Å²) in [5.41, 5.74) is 0. The molecule has 0 heterocycles. The molecule has 1 saturated carbocycles. The number of hydrogen-bond acceptors (Lipinski definition) is 1. The first-order chi connectivity index (χ1) is 5.49. The maximum absolute atomic E-state index is 11.8. The third-order valence-corrected chi connectivity index (χ3v) is 2.42. The van der Waals surface area contributed by atoms with E-state index in [1.54, 1.807) is 0 Å². The molecule has 0 aliphatic heterocycles. The monoisotopic (exact) mass is 182 g/mol. The largest absolute Gasteiger partial charge is 0.393 e. The van der Waals surface area contributed by atoms with Crippen LogP contribution in [-0.2, 0) is 0 Å². The normalized spacial score (nSPS) is 31.0. The lowest BCUT2D eigenvalue weighted by Gasteiger charge is -2.14. The fourth-order valence-electron chi connectivity index (χ4n) is 1.70. The first-order valence-corrected chi connectivity index (χ1v) is 4.24. The van der Waals surface area contributed by atoms with E-state index in [0.717, 1.165) is 12.8 Å². The van der Waals surface area contributed by atoms with Crippen LogP contribution in [0, 0.1) is 5.92 Å². The Morgan fingerprint density at radius 2 is 1.92 bits per heavy atom. The third-order valence-electron chi connectivity index (χ3n) is 2.42. The molecule has 4 heteroatoms. The highest BCUT2D eigenvalue weighted by atomic mass is 19.4. The van der Waals surface area contributed by atoms with E-state index >= 15 is 0 Å². The third kappa shape index (κ3) is 3.01. The Morgan fingerprint density at radius 3 is 2.33 bits per heavy atom. The van der Waals surface area contributed by atoms with Crippen LogP contribution in [0.5, 0.6) is 0 Å². The van der Waals surface area contributed by atoms with Crippen molar-refractivity contribution in [1.29, 1.82) is 0 Å². The van der Waals surface area contributed by atoms with Crippen LogP contribution in [0.3, 0.4) is 0 Å². The molecule has 1 N–H and O–H groups in total. The number of aliphatic hydroxyl groups excluding tert-OH is 1. The van der Waals surface area contributed by atoms with Crippen LogP contribution in [0.15, 0.2) is 0 Å². The van der Waals surface area contributed by atoms with E-state index in [1.165, 1.54) is 0 Å². The second-order valence-corrected chi connectivity index (χ2v) is 3.41. The SMILES string of the molecule is OC1CCCC1CCC(F)(F)F. The molecule has 0 aromatic rings. The van der Waals surface area contributed by atoms with E-state index in [-0.39, 0.29) is 12.3 Å². The van der Waals surface area contributed by atoms with Gasteiger partial charge in [-0.25, -0.2) is 0 Å². The Kier molecular flexibility index (Phi) is 2.99. The lowest BCUT2D eigenvalue weighted by Crippen LogP contribution is -2.17. The Morgan fingerprint density at radius 1 is 1.25 bits per heavy atom. The van der Waals surface area contributed by atoms with Gasteiger partial charge in [-0.2, -0.15) is 13.2 Å². The molecule has 0 spiro atoms. The molecule has 12 heavy (non-hydrogen) atoms. The quantitative estimate of drug-likeness (QED) is 0.695. The molecule has 0 amide bonds. The van der Waals surface area contributed by atoms with Gasteiger partial charge in [0.05, 0.1) is 6.10 Å². The van der Waals surface area contributed by atoms with Crippen molar-refractivity contribution >= 4 is 0 Å². The van der Waals surface area contributed by atoms with E-state index in [0.29, 0.717) is 6.42 Å². The van der Waals surface area contributed by atoms with Crippen molar-refractivity contribution in [2.75, 3.05) is 0 Å². The molecule has 1 aliphatic rings. The minimum Gasteiger partial charge on any atom is -0.393 e. The van der Waals surface area contributed by atoms with Crippen molar-refractivity contribution in [2.45, 2.75) is 44.4 Å². The number of halogens is 3. The van der Waals surface area contributed by atoms with E-state index in [2.05, 4.69) is 0 Å². The molecule has 2 unspecified atom stereocenters. The average Bonchev–Trinajstić information content (AvgIpc) is 2.29. The molecule has 0 saturated heterocycles. The van der Waals surface area contributed by atoms with E-state index in [4.69, 9.17) is 0 Å². The molecule has 72 valence electrons. The maximum atomic E-state index is 11.8. The summed E-state index contributed by atoms with van der Waals surface area (Å²) in [6.45, 7) is 0. The summed E-state index contributed by atoms with van der Waals surface area (Å²) in [7, 11) is 0.